The van der Waals surface area contributed by atoms with Gasteiger partial charge in [0.1, 0.15) is 0 Å². The minimum atomic E-state index is -0.0413. The molecule has 1 saturated heterocycles. The zero-order valence-electron chi connectivity index (χ0n) is 14.2. The Bertz CT molecular complexity index is 697. The van der Waals surface area contributed by atoms with Gasteiger partial charge in [0.2, 0.25) is 5.91 Å². The van der Waals surface area contributed by atoms with Crippen LogP contribution in [0.15, 0.2) is 58.3 Å². The monoisotopic (exact) mass is 341 g/mol. The van der Waals surface area contributed by atoms with E-state index in [9.17, 15) is 4.79 Å². The predicted octanol–water partition coefficient (Wildman–Crippen LogP) is 3.55. The number of rotatable bonds is 4. The quantitative estimate of drug-likeness (QED) is 0.922. The standard InChI is InChI=1S/C19H23N3OS/c1-15(23)20-18-14-16(22-12-10-21(2)11-13-22)8-9-19(18)24-17-6-4-3-5-7-17/h3-9,14H,10-13H2,1-2H3,(H,20,23). The molecule has 2 aromatic carbocycles. The first kappa shape index (κ1) is 16.9. The highest BCUT2D eigenvalue weighted by Gasteiger charge is 2.16. The summed E-state index contributed by atoms with van der Waals surface area (Å²) in [6.45, 7) is 5.72. The minimum absolute atomic E-state index is 0.0413. The van der Waals surface area contributed by atoms with E-state index in [-0.39, 0.29) is 5.91 Å². The molecule has 1 aliphatic heterocycles. The molecule has 0 unspecified atom stereocenters. The van der Waals surface area contributed by atoms with Crippen molar-refractivity contribution in [3.63, 3.8) is 0 Å². The molecule has 0 aromatic heterocycles. The number of likely N-dealkylation sites (N-methyl/N-ethyl adjacent to an activating group) is 1. The second kappa shape index (κ2) is 7.73. The number of anilines is 2. The first-order chi connectivity index (χ1) is 11.6. The van der Waals surface area contributed by atoms with Gasteiger partial charge in [-0.2, -0.15) is 0 Å². The molecule has 1 amide bonds. The van der Waals surface area contributed by atoms with E-state index in [1.165, 1.54) is 5.69 Å². The van der Waals surface area contributed by atoms with Gasteiger partial charge in [-0.15, -0.1) is 0 Å². The summed E-state index contributed by atoms with van der Waals surface area (Å²) >= 11 is 1.67. The molecule has 5 heteroatoms. The number of hydrogen-bond donors (Lipinski definition) is 1. The Balaban J connectivity index is 1.84. The van der Waals surface area contributed by atoms with E-state index in [4.69, 9.17) is 0 Å². The fourth-order valence-electron chi connectivity index (χ4n) is 2.77. The summed E-state index contributed by atoms with van der Waals surface area (Å²) in [5.74, 6) is -0.0413. The van der Waals surface area contributed by atoms with Crippen molar-refractivity contribution >= 4 is 29.0 Å². The van der Waals surface area contributed by atoms with Crippen LogP contribution in [0.3, 0.4) is 0 Å². The Morgan fingerprint density at radius 2 is 1.75 bits per heavy atom. The van der Waals surface area contributed by atoms with E-state index in [0.29, 0.717) is 0 Å². The van der Waals surface area contributed by atoms with Crippen LogP contribution in [0.4, 0.5) is 11.4 Å². The highest BCUT2D eigenvalue weighted by Crippen LogP contribution is 2.36. The number of hydrogen-bond acceptors (Lipinski definition) is 4. The van der Waals surface area contributed by atoms with E-state index in [2.05, 4.69) is 52.5 Å². The van der Waals surface area contributed by atoms with E-state index in [1.807, 2.05) is 18.2 Å². The molecule has 1 N–H and O–H groups in total. The molecule has 0 spiro atoms. The number of benzene rings is 2. The number of nitrogens with one attached hydrogen (secondary N) is 1. The van der Waals surface area contributed by atoms with Crippen LogP contribution in [0.5, 0.6) is 0 Å². The second-order valence-electron chi connectivity index (χ2n) is 6.07. The Kier molecular flexibility index (Phi) is 5.43. The molecular formula is C19H23N3OS. The van der Waals surface area contributed by atoms with Crippen LogP contribution in [0.25, 0.3) is 0 Å². The summed E-state index contributed by atoms with van der Waals surface area (Å²) in [5, 5.41) is 2.99. The topological polar surface area (TPSA) is 35.6 Å². The van der Waals surface area contributed by atoms with Crippen LogP contribution < -0.4 is 10.2 Å². The van der Waals surface area contributed by atoms with Gasteiger partial charge in [0.15, 0.2) is 0 Å². The third-order valence-electron chi connectivity index (χ3n) is 4.11. The summed E-state index contributed by atoms with van der Waals surface area (Å²) in [5.41, 5.74) is 2.05. The van der Waals surface area contributed by atoms with Crippen LogP contribution >= 0.6 is 11.8 Å². The molecule has 0 bridgehead atoms. The van der Waals surface area contributed by atoms with Gasteiger partial charge < -0.3 is 15.1 Å². The van der Waals surface area contributed by atoms with Gasteiger partial charge in [-0.05, 0) is 37.4 Å². The van der Waals surface area contributed by atoms with Crippen LogP contribution in [0.1, 0.15) is 6.92 Å². The molecule has 0 radical (unpaired) electrons. The maximum atomic E-state index is 11.6. The Hall–Kier alpha value is -1.98. The minimum Gasteiger partial charge on any atom is -0.369 e. The molecule has 1 aliphatic rings. The number of amides is 1. The first-order valence-electron chi connectivity index (χ1n) is 8.20. The lowest BCUT2D eigenvalue weighted by Crippen LogP contribution is -2.44. The molecule has 4 nitrogen and oxygen atoms in total. The average molecular weight is 341 g/mol. The Labute approximate surface area is 147 Å². The average Bonchev–Trinajstić information content (AvgIpc) is 2.58. The van der Waals surface area contributed by atoms with Crippen molar-refractivity contribution in [2.45, 2.75) is 16.7 Å². The van der Waals surface area contributed by atoms with Gasteiger partial charge in [0.05, 0.1) is 5.69 Å². The summed E-state index contributed by atoms with van der Waals surface area (Å²) in [6.07, 6.45) is 0. The Morgan fingerprint density at radius 3 is 2.42 bits per heavy atom. The lowest BCUT2D eigenvalue weighted by molar-refractivity contribution is -0.114. The highest BCUT2D eigenvalue weighted by atomic mass is 32.2. The van der Waals surface area contributed by atoms with Crippen LogP contribution in [-0.4, -0.2) is 44.0 Å². The molecular weight excluding hydrogens is 318 g/mol. The van der Waals surface area contributed by atoms with E-state index >= 15 is 0 Å². The molecule has 0 aliphatic carbocycles. The summed E-state index contributed by atoms with van der Waals surface area (Å²) < 4.78 is 0. The number of carbonyl (C=O) groups is 1. The van der Waals surface area contributed by atoms with Gasteiger partial charge in [-0.1, -0.05) is 30.0 Å². The molecule has 0 atom stereocenters. The maximum Gasteiger partial charge on any atom is 0.221 e. The number of carbonyl (C=O) groups excluding carboxylic acids is 1. The van der Waals surface area contributed by atoms with Crippen molar-refractivity contribution in [3.8, 4) is 0 Å². The lowest BCUT2D eigenvalue weighted by atomic mass is 10.2. The smallest absolute Gasteiger partial charge is 0.221 e. The molecule has 126 valence electrons. The predicted molar refractivity (Wildman–Crippen MR) is 101 cm³/mol. The van der Waals surface area contributed by atoms with Crippen LogP contribution in [0.2, 0.25) is 0 Å². The van der Waals surface area contributed by atoms with Crippen LogP contribution in [-0.2, 0) is 4.79 Å². The van der Waals surface area contributed by atoms with Crippen molar-refractivity contribution in [1.82, 2.24) is 4.90 Å². The van der Waals surface area contributed by atoms with Gasteiger partial charge in [0, 0.05) is 48.6 Å². The van der Waals surface area contributed by atoms with E-state index in [0.717, 1.165) is 41.7 Å². The fraction of sp³-hybridized carbons (Fsp3) is 0.316. The Morgan fingerprint density at radius 1 is 1.04 bits per heavy atom. The van der Waals surface area contributed by atoms with Gasteiger partial charge >= 0.3 is 0 Å². The third-order valence-corrected chi connectivity index (χ3v) is 5.20. The van der Waals surface area contributed by atoms with Crippen molar-refractivity contribution < 1.29 is 4.79 Å². The van der Waals surface area contributed by atoms with Crippen molar-refractivity contribution in [3.05, 3.63) is 48.5 Å². The maximum absolute atomic E-state index is 11.6. The van der Waals surface area contributed by atoms with Gasteiger partial charge in [-0.25, -0.2) is 0 Å². The molecule has 2 aromatic rings. The van der Waals surface area contributed by atoms with E-state index < -0.39 is 0 Å². The first-order valence-corrected chi connectivity index (χ1v) is 9.01. The van der Waals surface area contributed by atoms with Crippen LogP contribution in [0, 0.1) is 0 Å². The SMILES string of the molecule is CC(=O)Nc1cc(N2CCN(C)CC2)ccc1Sc1ccccc1. The largest absolute Gasteiger partial charge is 0.369 e. The zero-order chi connectivity index (χ0) is 16.9. The molecule has 24 heavy (non-hydrogen) atoms. The number of nitrogens with zero attached hydrogens (tertiary/aromatic N) is 2. The molecule has 3 rings (SSSR count). The summed E-state index contributed by atoms with van der Waals surface area (Å²) in [4.78, 5) is 18.6. The molecule has 0 saturated carbocycles. The second-order valence-corrected chi connectivity index (χ2v) is 7.18. The fourth-order valence-corrected chi connectivity index (χ4v) is 3.67. The number of piperazine rings is 1. The van der Waals surface area contributed by atoms with Crippen molar-refractivity contribution in [2.75, 3.05) is 43.4 Å². The normalized spacial score (nSPS) is 15.3. The van der Waals surface area contributed by atoms with Gasteiger partial charge in [0.25, 0.3) is 0 Å². The van der Waals surface area contributed by atoms with E-state index in [1.54, 1.807) is 18.7 Å². The third kappa shape index (κ3) is 4.30. The lowest BCUT2D eigenvalue weighted by Gasteiger charge is -2.34. The zero-order valence-corrected chi connectivity index (χ0v) is 15.0. The highest BCUT2D eigenvalue weighted by molar-refractivity contribution is 7.99. The summed E-state index contributed by atoms with van der Waals surface area (Å²) in [6, 6.07) is 16.6. The van der Waals surface area contributed by atoms with Crippen molar-refractivity contribution in [2.24, 2.45) is 0 Å². The summed E-state index contributed by atoms with van der Waals surface area (Å²) in [7, 11) is 2.15. The van der Waals surface area contributed by atoms with Gasteiger partial charge in [-0.3, -0.25) is 4.79 Å². The molecule has 1 heterocycles. The van der Waals surface area contributed by atoms with Crippen molar-refractivity contribution in [1.29, 1.82) is 0 Å². The molecule has 1 fully saturated rings.